The third-order valence-electron chi connectivity index (χ3n) is 4.99. The quantitative estimate of drug-likeness (QED) is 0.635. The highest BCUT2D eigenvalue weighted by Crippen LogP contribution is 2.23. The minimum Gasteiger partial charge on any atom is -0.445 e. The number of nitrogens with zero attached hydrogens (tertiary/aromatic N) is 1. The first kappa shape index (κ1) is 22.6. The van der Waals surface area contributed by atoms with Gasteiger partial charge in [0.2, 0.25) is 5.78 Å². The number of hydrogen-bond donors (Lipinski definition) is 2. The highest BCUT2D eigenvalue weighted by molar-refractivity contribution is 7.11. The molecule has 0 saturated carbocycles. The number of nitrogens with one attached hydrogen (secondary N) is 2. The van der Waals surface area contributed by atoms with Crippen LogP contribution in [0.15, 0.2) is 36.5 Å². The summed E-state index contributed by atoms with van der Waals surface area (Å²) in [4.78, 5) is 55.0. The van der Waals surface area contributed by atoms with Crippen LogP contribution >= 0.6 is 11.3 Å². The summed E-state index contributed by atoms with van der Waals surface area (Å²) in [5.41, 5.74) is 0.830. The molecule has 2 heterocycles. The zero-order chi connectivity index (χ0) is 22.4. The maximum absolute atomic E-state index is 13.0. The Hall–Kier alpha value is -3.07. The normalized spacial score (nSPS) is 17.2. The van der Waals surface area contributed by atoms with Crippen molar-refractivity contribution in [2.24, 2.45) is 11.8 Å². The molecule has 2 aromatic rings. The van der Waals surface area contributed by atoms with Crippen LogP contribution in [0.5, 0.6) is 0 Å². The number of alkyl carbamates (subject to hydrolysis) is 1. The van der Waals surface area contributed by atoms with Crippen molar-refractivity contribution in [2.45, 2.75) is 45.9 Å². The predicted octanol–water partition coefficient (Wildman–Crippen LogP) is 2.41. The van der Waals surface area contributed by atoms with E-state index in [1.54, 1.807) is 20.0 Å². The fourth-order valence-corrected chi connectivity index (χ4v) is 4.28. The molecule has 2 bridgehead atoms. The maximum atomic E-state index is 13.0. The smallest absolute Gasteiger partial charge is 0.408 e. The lowest BCUT2D eigenvalue weighted by atomic mass is 9.88. The lowest BCUT2D eigenvalue weighted by Gasteiger charge is -2.23. The van der Waals surface area contributed by atoms with Crippen LogP contribution in [0.25, 0.3) is 0 Å². The van der Waals surface area contributed by atoms with Gasteiger partial charge >= 0.3 is 6.09 Å². The monoisotopic (exact) mass is 443 g/mol. The number of ketones is 2. The van der Waals surface area contributed by atoms with Crippen LogP contribution in [0.3, 0.4) is 0 Å². The third kappa shape index (κ3) is 6.21. The lowest BCUT2D eigenvalue weighted by molar-refractivity contribution is -0.141. The molecule has 1 aromatic heterocycles. The van der Waals surface area contributed by atoms with Gasteiger partial charge in [-0.3, -0.25) is 14.4 Å². The van der Waals surface area contributed by atoms with Crippen LogP contribution in [-0.2, 0) is 38.7 Å². The molecule has 2 atom stereocenters. The summed E-state index contributed by atoms with van der Waals surface area (Å²) in [7, 11) is 0. The first-order valence-corrected chi connectivity index (χ1v) is 10.9. The van der Waals surface area contributed by atoms with Crippen LogP contribution in [0.2, 0.25) is 0 Å². The lowest BCUT2D eigenvalue weighted by Crippen LogP contribution is -2.46. The van der Waals surface area contributed by atoms with Crippen molar-refractivity contribution in [3.63, 3.8) is 0 Å². The van der Waals surface area contributed by atoms with Crippen LogP contribution < -0.4 is 10.6 Å². The topological polar surface area (TPSA) is 114 Å². The number of carbonyl (C=O) groups is 4. The van der Waals surface area contributed by atoms with Crippen molar-refractivity contribution in [1.82, 2.24) is 15.6 Å². The van der Waals surface area contributed by atoms with Crippen molar-refractivity contribution in [3.8, 4) is 0 Å². The van der Waals surface area contributed by atoms with Crippen molar-refractivity contribution in [2.75, 3.05) is 0 Å². The molecule has 2 unspecified atom stereocenters. The van der Waals surface area contributed by atoms with Crippen LogP contribution in [0.1, 0.15) is 35.7 Å². The van der Waals surface area contributed by atoms with Gasteiger partial charge in [0, 0.05) is 23.4 Å². The van der Waals surface area contributed by atoms with E-state index in [1.165, 1.54) is 11.3 Å². The van der Waals surface area contributed by atoms with E-state index in [-0.39, 0.29) is 37.7 Å². The molecule has 3 rings (SSSR count). The second-order valence-electron chi connectivity index (χ2n) is 7.77. The molecule has 1 aliphatic heterocycles. The molecule has 0 radical (unpaired) electrons. The fraction of sp³-hybridized carbons (Fsp3) is 0.409. The number of hydrogen-bond acceptors (Lipinski definition) is 7. The summed E-state index contributed by atoms with van der Waals surface area (Å²) < 4.78 is 5.22. The molecular formula is C22H25N3O5S. The molecule has 2 amide bonds. The van der Waals surface area contributed by atoms with E-state index in [2.05, 4.69) is 15.6 Å². The summed E-state index contributed by atoms with van der Waals surface area (Å²) in [6, 6.07) is 8.38. The van der Waals surface area contributed by atoms with Gasteiger partial charge in [-0.25, -0.2) is 9.78 Å². The van der Waals surface area contributed by atoms with Crippen molar-refractivity contribution in [3.05, 3.63) is 52.0 Å². The third-order valence-corrected chi connectivity index (χ3v) is 6.01. The number of ether oxygens (including phenoxy) is 1. The Morgan fingerprint density at radius 2 is 2.00 bits per heavy atom. The van der Waals surface area contributed by atoms with E-state index in [0.717, 1.165) is 10.4 Å². The van der Waals surface area contributed by atoms with Crippen molar-refractivity contribution in [1.29, 1.82) is 0 Å². The number of rotatable bonds is 7. The van der Waals surface area contributed by atoms with Gasteiger partial charge in [-0.05, 0) is 17.9 Å². The molecule has 0 spiro atoms. The highest BCUT2D eigenvalue weighted by atomic mass is 32.1. The molecular weight excluding hydrogens is 418 g/mol. The SMILES string of the molecule is CC(C)C(NC(=O)OCc1ccccc1)C(=O)CC1Cc2cnc(s2)CNC(=O)C1=O. The van der Waals surface area contributed by atoms with Crippen LogP contribution in [0.4, 0.5) is 4.79 Å². The largest absolute Gasteiger partial charge is 0.445 e. The van der Waals surface area contributed by atoms with Gasteiger partial charge < -0.3 is 15.4 Å². The van der Waals surface area contributed by atoms with Gasteiger partial charge in [0.05, 0.1) is 12.6 Å². The molecule has 164 valence electrons. The number of benzene rings is 1. The Bertz CT molecular complexity index is 957. The Balaban J connectivity index is 1.64. The summed E-state index contributed by atoms with van der Waals surface area (Å²) in [6.07, 6.45) is 1.07. The Morgan fingerprint density at radius 1 is 1.26 bits per heavy atom. The van der Waals surface area contributed by atoms with Gasteiger partial charge in [0.25, 0.3) is 5.91 Å². The van der Waals surface area contributed by atoms with Gasteiger partial charge in [0.1, 0.15) is 11.6 Å². The molecule has 0 fully saturated rings. The Morgan fingerprint density at radius 3 is 2.71 bits per heavy atom. The maximum Gasteiger partial charge on any atom is 0.408 e. The van der Waals surface area contributed by atoms with Crippen LogP contribution in [0, 0.1) is 11.8 Å². The number of Topliss-reactive ketones (excluding diaryl/α,β-unsaturated/α-hetero) is 2. The Kier molecular flexibility index (Phi) is 7.51. The average molecular weight is 444 g/mol. The van der Waals surface area contributed by atoms with E-state index in [4.69, 9.17) is 4.74 Å². The van der Waals surface area contributed by atoms with Gasteiger partial charge in [-0.1, -0.05) is 44.2 Å². The van der Waals surface area contributed by atoms with E-state index >= 15 is 0 Å². The van der Waals surface area contributed by atoms with Crippen LogP contribution in [-0.4, -0.2) is 34.6 Å². The van der Waals surface area contributed by atoms with Gasteiger partial charge in [-0.2, -0.15) is 0 Å². The number of fused-ring (bicyclic) bond motifs is 2. The summed E-state index contributed by atoms with van der Waals surface area (Å²) >= 11 is 1.41. The van der Waals surface area contributed by atoms with Crippen molar-refractivity contribution >= 4 is 34.9 Å². The molecule has 0 saturated heterocycles. The number of amides is 2. The minimum absolute atomic E-state index is 0.0840. The van der Waals surface area contributed by atoms with E-state index in [9.17, 15) is 19.2 Å². The number of aromatic nitrogens is 1. The average Bonchev–Trinajstić information content (AvgIpc) is 3.21. The van der Waals surface area contributed by atoms with Gasteiger partial charge in [0.15, 0.2) is 5.78 Å². The second-order valence-corrected chi connectivity index (χ2v) is 8.97. The summed E-state index contributed by atoms with van der Waals surface area (Å²) in [5, 5.41) is 5.87. The van der Waals surface area contributed by atoms with E-state index in [0.29, 0.717) is 5.01 Å². The minimum atomic E-state index is -0.830. The highest BCUT2D eigenvalue weighted by Gasteiger charge is 2.33. The molecule has 9 heteroatoms. The molecule has 1 aliphatic rings. The summed E-state index contributed by atoms with van der Waals surface area (Å²) in [6.45, 7) is 3.88. The van der Waals surface area contributed by atoms with E-state index in [1.807, 2.05) is 30.3 Å². The zero-order valence-electron chi connectivity index (χ0n) is 17.4. The molecule has 1 aromatic carbocycles. The Labute approximate surface area is 184 Å². The first-order valence-electron chi connectivity index (χ1n) is 10.1. The summed E-state index contributed by atoms with van der Waals surface area (Å²) in [5.74, 6) is -2.68. The first-order chi connectivity index (χ1) is 14.8. The predicted molar refractivity (Wildman–Crippen MR) is 114 cm³/mol. The molecule has 31 heavy (non-hydrogen) atoms. The molecule has 0 aliphatic carbocycles. The number of carbonyl (C=O) groups excluding carboxylic acids is 4. The van der Waals surface area contributed by atoms with Gasteiger partial charge in [-0.15, -0.1) is 11.3 Å². The van der Waals surface area contributed by atoms with Crippen molar-refractivity contribution < 1.29 is 23.9 Å². The molecule has 8 nitrogen and oxygen atoms in total. The number of thiazole rings is 1. The fourth-order valence-electron chi connectivity index (χ4n) is 3.33. The van der Waals surface area contributed by atoms with E-state index < -0.39 is 29.7 Å². The standard InChI is InChI=1S/C22H25N3O5S/c1-13(2)19(25-22(29)30-12-14-6-4-3-5-7-14)17(26)9-15-8-16-10-23-18(31-16)11-24-21(28)20(15)27/h3-7,10,13,15,19H,8-9,11-12H2,1-2H3,(H,24,28)(H,25,29). The second kappa shape index (κ2) is 10.3. The zero-order valence-corrected chi connectivity index (χ0v) is 18.2. The molecule has 2 N–H and O–H groups in total.